The number of carbonyl (C=O) groups excluding carboxylic acids is 1. The molecule has 0 radical (unpaired) electrons. The van der Waals surface area contributed by atoms with Gasteiger partial charge in [-0.3, -0.25) is 0 Å². The molecule has 0 saturated heterocycles. The molecule has 0 aliphatic rings. The fraction of sp³-hybridized carbons (Fsp3) is 0.923. The van der Waals surface area contributed by atoms with Gasteiger partial charge in [0.15, 0.2) is 0 Å². The van der Waals surface area contributed by atoms with Crippen LogP contribution in [0.15, 0.2) is 0 Å². The molecule has 7 nitrogen and oxygen atoms in total. The lowest BCUT2D eigenvalue weighted by molar-refractivity contribution is 0.0490. The minimum absolute atomic E-state index is 0. The summed E-state index contributed by atoms with van der Waals surface area (Å²) in [4.78, 5) is 11.0. The summed E-state index contributed by atoms with van der Waals surface area (Å²) in [5.41, 5.74) is 4.39. The molecule has 0 rings (SSSR count). The zero-order valence-corrected chi connectivity index (χ0v) is 12.2. The number of ether oxygens (including phenoxy) is 1. The topological polar surface area (TPSA) is 125 Å². The predicted molar refractivity (Wildman–Crippen MR) is 79.4 cm³/mol. The molecule has 0 bridgehead atoms. The lowest BCUT2D eigenvalue weighted by atomic mass is 10.2. The van der Waals surface area contributed by atoms with E-state index >= 15 is 0 Å². The molecule has 0 heterocycles. The van der Waals surface area contributed by atoms with E-state index in [-0.39, 0.29) is 27.1 Å². The first-order valence-electron chi connectivity index (χ1n) is 6.30. The van der Waals surface area contributed by atoms with Crippen molar-refractivity contribution in [3.63, 3.8) is 0 Å². The van der Waals surface area contributed by atoms with Crippen molar-refractivity contribution >= 4 is 6.09 Å². The van der Waals surface area contributed by atoms with Gasteiger partial charge in [0.2, 0.25) is 0 Å². The van der Waals surface area contributed by atoms with Crippen molar-refractivity contribution in [2.75, 3.05) is 19.7 Å². The van der Waals surface area contributed by atoms with Crippen molar-refractivity contribution in [2.24, 2.45) is 5.73 Å². The van der Waals surface area contributed by atoms with E-state index in [1.807, 2.05) is 6.92 Å². The first-order chi connectivity index (χ1) is 8.66. The van der Waals surface area contributed by atoms with Gasteiger partial charge in [0.25, 0.3) is 0 Å². The van der Waals surface area contributed by atoms with Gasteiger partial charge in [0, 0.05) is 13.1 Å². The molecular weight excluding hydrogens is 264 g/mol. The Kier molecular flexibility index (Phi) is 15.8. The number of hydrogen-bond acceptors (Lipinski definition) is 6. The molecule has 7 heteroatoms. The minimum Gasteiger partial charge on any atom is -0.444 e. The lowest BCUT2D eigenvalue weighted by Crippen LogP contribution is -2.36. The fourth-order valence-electron chi connectivity index (χ4n) is 0.734. The molecule has 0 fully saturated rings. The molecule has 0 spiro atoms. The molecule has 6 N–H and O–H groups in total. The second-order valence-electron chi connectivity index (χ2n) is 5.02. The third kappa shape index (κ3) is 19.4. The van der Waals surface area contributed by atoms with E-state index in [2.05, 4.69) is 5.32 Å². The van der Waals surface area contributed by atoms with Crippen LogP contribution in [0.1, 0.15) is 41.5 Å². The van der Waals surface area contributed by atoms with Crippen LogP contribution in [0.3, 0.4) is 0 Å². The van der Waals surface area contributed by atoms with Crippen LogP contribution in [-0.4, -0.2) is 58.9 Å². The minimum atomic E-state index is -0.731. The molecule has 0 aromatic carbocycles. The molecule has 2 unspecified atom stereocenters. The number of amides is 1. The maximum absolute atomic E-state index is 11.0. The highest BCUT2D eigenvalue weighted by molar-refractivity contribution is 5.67. The van der Waals surface area contributed by atoms with Gasteiger partial charge in [-0.2, -0.15) is 0 Å². The van der Waals surface area contributed by atoms with E-state index in [0.717, 1.165) is 0 Å². The van der Waals surface area contributed by atoms with Crippen molar-refractivity contribution in [1.29, 1.82) is 0 Å². The Morgan fingerprint density at radius 2 is 1.80 bits per heavy atom. The number of hydrogen-bond donors (Lipinski definition) is 5. The number of nitrogens with one attached hydrogen (secondary N) is 1. The van der Waals surface area contributed by atoms with E-state index in [1.54, 1.807) is 20.8 Å². The van der Waals surface area contributed by atoms with Crippen LogP contribution in [0, 0.1) is 0 Å². The standard InChI is InChI=1S/C9H19NO3.C3H9NO2.CH4/c1-5-7(11)6-10-8(12)13-9(2,3)4;4-1-3(6)2-5;/h7,11H,5-6H2,1-4H3,(H,10,12);3,5-6H,1-2,4H2;1H4. The van der Waals surface area contributed by atoms with Crippen molar-refractivity contribution in [2.45, 2.75) is 59.4 Å². The number of nitrogens with two attached hydrogens (primary N) is 1. The van der Waals surface area contributed by atoms with Crippen molar-refractivity contribution in [1.82, 2.24) is 5.32 Å². The number of aliphatic hydroxyl groups excluding tert-OH is 3. The third-order valence-corrected chi connectivity index (χ3v) is 1.83. The number of carbonyl (C=O) groups is 1. The molecule has 0 aromatic heterocycles. The second-order valence-corrected chi connectivity index (χ2v) is 5.02. The second kappa shape index (κ2) is 13.1. The number of aliphatic hydroxyl groups is 3. The Morgan fingerprint density at radius 1 is 1.30 bits per heavy atom. The highest BCUT2D eigenvalue weighted by Gasteiger charge is 2.16. The highest BCUT2D eigenvalue weighted by atomic mass is 16.6. The van der Waals surface area contributed by atoms with Gasteiger partial charge in [0.1, 0.15) is 5.60 Å². The van der Waals surface area contributed by atoms with Crippen molar-refractivity contribution in [3.05, 3.63) is 0 Å². The first kappa shape index (κ1) is 24.1. The van der Waals surface area contributed by atoms with Gasteiger partial charge in [0.05, 0.1) is 18.8 Å². The van der Waals surface area contributed by atoms with Crippen LogP contribution in [0.5, 0.6) is 0 Å². The molecule has 2 atom stereocenters. The monoisotopic (exact) mass is 296 g/mol. The van der Waals surface area contributed by atoms with Crippen LogP contribution in [0.2, 0.25) is 0 Å². The molecule has 1 amide bonds. The van der Waals surface area contributed by atoms with Gasteiger partial charge < -0.3 is 31.1 Å². The molecule has 0 aromatic rings. The summed E-state index contributed by atoms with van der Waals surface area (Å²) in [6, 6.07) is 0. The summed E-state index contributed by atoms with van der Waals surface area (Å²) in [6.45, 7) is 7.37. The first-order valence-corrected chi connectivity index (χ1v) is 6.30. The smallest absolute Gasteiger partial charge is 0.407 e. The Bertz CT molecular complexity index is 227. The molecule has 0 aliphatic carbocycles. The van der Waals surface area contributed by atoms with E-state index < -0.39 is 23.9 Å². The van der Waals surface area contributed by atoms with Crippen LogP contribution in [-0.2, 0) is 4.74 Å². The maximum Gasteiger partial charge on any atom is 0.407 e. The zero-order valence-electron chi connectivity index (χ0n) is 12.2. The molecule has 0 saturated carbocycles. The summed E-state index contributed by atoms with van der Waals surface area (Å²) in [5, 5.41) is 27.9. The SMILES string of the molecule is C.CCC(O)CNC(=O)OC(C)(C)C.NCC(O)CO. The quantitative estimate of drug-likeness (QED) is 0.494. The van der Waals surface area contributed by atoms with E-state index in [9.17, 15) is 4.79 Å². The van der Waals surface area contributed by atoms with Crippen LogP contribution in [0.4, 0.5) is 4.79 Å². The van der Waals surface area contributed by atoms with Gasteiger partial charge in [-0.1, -0.05) is 14.4 Å². The maximum atomic E-state index is 11.0. The third-order valence-electron chi connectivity index (χ3n) is 1.83. The van der Waals surface area contributed by atoms with Crippen molar-refractivity contribution < 1.29 is 24.9 Å². The van der Waals surface area contributed by atoms with Crippen molar-refractivity contribution in [3.8, 4) is 0 Å². The van der Waals surface area contributed by atoms with E-state index in [4.69, 9.17) is 25.8 Å². The Hall–Kier alpha value is -0.890. The zero-order chi connectivity index (χ0) is 15.5. The molecule has 20 heavy (non-hydrogen) atoms. The largest absolute Gasteiger partial charge is 0.444 e. The summed E-state index contributed by atoms with van der Waals surface area (Å²) >= 11 is 0. The van der Waals surface area contributed by atoms with Crippen LogP contribution >= 0.6 is 0 Å². The molecule has 124 valence electrons. The van der Waals surface area contributed by atoms with Crippen LogP contribution in [0.25, 0.3) is 0 Å². The average molecular weight is 296 g/mol. The average Bonchev–Trinajstić information content (AvgIpc) is 2.33. The van der Waals surface area contributed by atoms with Gasteiger partial charge >= 0.3 is 6.09 Å². The Balaban J connectivity index is -0.000000352. The van der Waals surface area contributed by atoms with Crippen LogP contribution < -0.4 is 11.1 Å². The lowest BCUT2D eigenvalue weighted by Gasteiger charge is -2.20. The fourth-order valence-corrected chi connectivity index (χ4v) is 0.734. The van der Waals surface area contributed by atoms with Gasteiger partial charge in [-0.05, 0) is 27.2 Å². The number of alkyl carbamates (subject to hydrolysis) is 1. The van der Waals surface area contributed by atoms with E-state index in [1.165, 1.54) is 0 Å². The summed E-state index contributed by atoms with van der Waals surface area (Å²) < 4.78 is 4.97. The highest BCUT2D eigenvalue weighted by Crippen LogP contribution is 2.06. The van der Waals surface area contributed by atoms with E-state index in [0.29, 0.717) is 6.42 Å². The summed E-state index contributed by atoms with van der Waals surface area (Å²) in [6.07, 6.45) is -1.09. The molecule has 0 aliphatic heterocycles. The Labute approximate surface area is 122 Å². The summed E-state index contributed by atoms with van der Waals surface area (Å²) in [5.74, 6) is 0. The molecular formula is C13H32N2O5. The van der Waals surface area contributed by atoms with Gasteiger partial charge in [-0.15, -0.1) is 0 Å². The number of rotatable bonds is 5. The Morgan fingerprint density at radius 3 is 2.05 bits per heavy atom. The van der Waals surface area contributed by atoms with Gasteiger partial charge in [-0.25, -0.2) is 4.79 Å². The summed E-state index contributed by atoms with van der Waals surface area (Å²) in [7, 11) is 0. The predicted octanol–water partition coefficient (Wildman–Crippen LogP) is 0.216. The normalized spacial score (nSPS) is 13.2.